The van der Waals surface area contributed by atoms with Crippen LogP contribution in [0, 0.1) is 5.82 Å². The molecular formula is C13H18FN3O. The summed E-state index contributed by atoms with van der Waals surface area (Å²) in [5.74, 6) is -0.311. The van der Waals surface area contributed by atoms with Crippen LogP contribution < -0.4 is 16.0 Å². The van der Waals surface area contributed by atoms with Crippen LogP contribution in [0.1, 0.15) is 19.3 Å². The lowest BCUT2D eigenvalue weighted by Gasteiger charge is -2.16. The highest BCUT2D eigenvalue weighted by Gasteiger charge is 2.14. The van der Waals surface area contributed by atoms with Gasteiger partial charge in [-0.3, -0.25) is 0 Å². The van der Waals surface area contributed by atoms with Gasteiger partial charge in [-0.1, -0.05) is 6.42 Å². The molecule has 1 aliphatic rings. The molecule has 3 N–H and O–H groups in total. The summed E-state index contributed by atoms with van der Waals surface area (Å²) in [7, 11) is 0. The monoisotopic (exact) mass is 251 g/mol. The minimum absolute atomic E-state index is 0.160. The van der Waals surface area contributed by atoms with Crippen molar-refractivity contribution in [2.45, 2.75) is 25.3 Å². The van der Waals surface area contributed by atoms with Crippen LogP contribution in [0.15, 0.2) is 24.3 Å². The van der Waals surface area contributed by atoms with E-state index in [4.69, 9.17) is 0 Å². The lowest BCUT2D eigenvalue weighted by molar-refractivity contribution is 0.247. The van der Waals surface area contributed by atoms with Crippen LogP contribution in [-0.2, 0) is 0 Å². The van der Waals surface area contributed by atoms with Gasteiger partial charge >= 0.3 is 6.03 Å². The molecule has 2 amide bonds. The summed E-state index contributed by atoms with van der Waals surface area (Å²) in [6.07, 6.45) is 3.26. The third-order valence-corrected chi connectivity index (χ3v) is 2.98. The average molecular weight is 251 g/mol. The zero-order valence-electron chi connectivity index (χ0n) is 10.2. The fourth-order valence-electron chi connectivity index (χ4n) is 2.03. The smallest absolute Gasteiger partial charge is 0.319 e. The summed E-state index contributed by atoms with van der Waals surface area (Å²) in [4.78, 5) is 11.7. The van der Waals surface area contributed by atoms with Gasteiger partial charge in [0.15, 0.2) is 0 Å². The standard InChI is InChI=1S/C13H18FN3O/c14-10-4-6-11(7-5-10)16-13(18)17-12-3-1-2-8-15-9-12/h4-7,12,15H,1-3,8-9H2,(H2,16,17,18). The first-order valence-corrected chi connectivity index (χ1v) is 6.28. The molecule has 1 aliphatic heterocycles. The van der Waals surface area contributed by atoms with E-state index in [0.717, 1.165) is 32.4 Å². The maximum atomic E-state index is 12.7. The van der Waals surface area contributed by atoms with Gasteiger partial charge in [0.2, 0.25) is 0 Å². The number of carbonyl (C=O) groups is 1. The molecule has 18 heavy (non-hydrogen) atoms. The lowest BCUT2D eigenvalue weighted by Crippen LogP contribution is -2.42. The molecular weight excluding hydrogens is 233 g/mol. The molecule has 5 heteroatoms. The van der Waals surface area contributed by atoms with E-state index >= 15 is 0 Å². The normalized spacial score (nSPS) is 19.9. The van der Waals surface area contributed by atoms with Gasteiger partial charge in [0.05, 0.1) is 0 Å². The molecule has 0 bridgehead atoms. The highest BCUT2D eigenvalue weighted by atomic mass is 19.1. The number of nitrogens with one attached hydrogen (secondary N) is 3. The summed E-state index contributed by atoms with van der Waals surface area (Å²) in [6.45, 7) is 1.81. The Kier molecular flexibility index (Phi) is 4.52. The Balaban J connectivity index is 1.82. The largest absolute Gasteiger partial charge is 0.334 e. The molecule has 1 heterocycles. The Morgan fingerprint density at radius 1 is 1.28 bits per heavy atom. The summed E-state index contributed by atoms with van der Waals surface area (Å²) in [5.41, 5.74) is 0.593. The van der Waals surface area contributed by atoms with Crippen LogP contribution in [0.2, 0.25) is 0 Å². The van der Waals surface area contributed by atoms with Crippen molar-refractivity contribution in [3.8, 4) is 0 Å². The molecule has 1 saturated heterocycles. The van der Waals surface area contributed by atoms with E-state index < -0.39 is 0 Å². The molecule has 0 saturated carbocycles. The van der Waals surface area contributed by atoms with Crippen LogP contribution in [0.5, 0.6) is 0 Å². The molecule has 4 nitrogen and oxygen atoms in total. The maximum absolute atomic E-state index is 12.7. The van der Waals surface area contributed by atoms with E-state index in [0.29, 0.717) is 5.69 Å². The minimum Gasteiger partial charge on any atom is -0.334 e. The Morgan fingerprint density at radius 2 is 2.06 bits per heavy atom. The van der Waals surface area contributed by atoms with Crippen molar-refractivity contribution in [2.24, 2.45) is 0 Å². The van der Waals surface area contributed by atoms with Gasteiger partial charge in [0.1, 0.15) is 5.82 Å². The highest BCUT2D eigenvalue weighted by molar-refractivity contribution is 5.89. The van der Waals surface area contributed by atoms with Gasteiger partial charge < -0.3 is 16.0 Å². The number of urea groups is 1. The molecule has 2 rings (SSSR count). The van der Waals surface area contributed by atoms with E-state index in [1.807, 2.05) is 0 Å². The second-order valence-electron chi connectivity index (χ2n) is 4.50. The predicted molar refractivity (Wildman–Crippen MR) is 69.1 cm³/mol. The Bertz CT molecular complexity index is 386. The van der Waals surface area contributed by atoms with Crippen LogP contribution in [-0.4, -0.2) is 25.2 Å². The first-order valence-electron chi connectivity index (χ1n) is 6.28. The van der Waals surface area contributed by atoms with E-state index in [2.05, 4.69) is 16.0 Å². The summed E-state index contributed by atoms with van der Waals surface area (Å²) in [6, 6.07) is 5.65. The third-order valence-electron chi connectivity index (χ3n) is 2.98. The zero-order valence-corrected chi connectivity index (χ0v) is 10.2. The Labute approximate surface area is 106 Å². The summed E-state index contributed by atoms with van der Waals surface area (Å²) < 4.78 is 12.7. The summed E-state index contributed by atoms with van der Waals surface area (Å²) >= 11 is 0. The molecule has 0 spiro atoms. The first kappa shape index (κ1) is 12.8. The number of hydrogen-bond donors (Lipinski definition) is 3. The van der Waals surface area contributed by atoms with Gasteiger partial charge in [-0.05, 0) is 43.7 Å². The van der Waals surface area contributed by atoms with Gasteiger partial charge in [0.25, 0.3) is 0 Å². The van der Waals surface area contributed by atoms with E-state index in [1.165, 1.54) is 12.1 Å². The molecule has 1 aromatic rings. The highest BCUT2D eigenvalue weighted by Crippen LogP contribution is 2.09. The second kappa shape index (κ2) is 6.35. The van der Waals surface area contributed by atoms with Gasteiger partial charge in [0, 0.05) is 18.3 Å². The number of benzene rings is 1. The number of rotatable bonds is 2. The fraction of sp³-hybridized carbons (Fsp3) is 0.462. The Morgan fingerprint density at radius 3 is 2.83 bits per heavy atom. The van der Waals surface area contributed by atoms with Crippen molar-refractivity contribution in [2.75, 3.05) is 18.4 Å². The lowest BCUT2D eigenvalue weighted by atomic mass is 10.1. The number of hydrogen-bond acceptors (Lipinski definition) is 2. The topological polar surface area (TPSA) is 53.2 Å². The van der Waals surface area contributed by atoms with Crippen molar-refractivity contribution in [1.29, 1.82) is 0 Å². The number of amides is 2. The molecule has 98 valence electrons. The van der Waals surface area contributed by atoms with Crippen molar-refractivity contribution in [3.05, 3.63) is 30.1 Å². The average Bonchev–Trinajstić information content (AvgIpc) is 2.61. The van der Waals surface area contributed by atoms with Gasteiger partial charge in [-0.15, -0.1) is 0 Å². The first-order chi connectivity index (χ1) is 8.74. The van der Waals surface area contributed by atoms with Crippen LogP contribution in [0.3, 0.4) is 0 Å². The number of carbonyl (C=O) groups excluding carboxylic acids is 1. The third kappa shape index (κ3) is 4.00. The van der Waals surface area contributed by atoms with Crippen molar-refractivity contribution in [3.63, 3.8) is 0 Å². The van der Waals surface area contributed by atoms with Gasteiger partial charge in [-0.25, -0.2) is 9.18 Å². The molecule has 0 aliphatic carbocycles. The number of anilines is 1. The predicted octanol–water partition coefficient (Wildman–Crippen LogP) is 2.09. The molecule has 1 aromatic carbocycles. The molecule has 0 aromatic heterocycles. The van der Waals surface area contributed by atoms with Crippen molar-refractivity contribution < 1.29 is 9.18 Å². The van der Waals surface area contributed by atoms with E-state index in [9.17, 15) is 9.18 Å². The van der Waals surface area contributed by atoms with Crippen molar-refractivity contribution in [1.82, 2.24) is 10.6 Å². The van der Waals surface area contributed by atoms with Crippen LogP contribution in [0.4, 0.5) is 14.9 Å². The van der Waals surface area contributed by atoms with Crippen LogP contribution >= 0.6 is 0 Å². The summed E-state index contributed by atoms with van der Waals surface area (Å²) in [5, 5.41) is 8.89. The fourth-order valence-corrected chi connectivity index (χ4v) is 2.03. The van der Waals surface area contributed by atoms with Crippen molar-refractivity contribution >= 4 is 11.7 Å². The Hall–Kier alpha value is -1.62. The quantitative estimate of drug-likeness (QED) is 0.754. The van der Waals surface area contributed by atoms with Gasteiger partial charge in [-0.2, -0.15) is 0 Å². The second-order valence-corrected chi connectivity index (χ2v) is 4.50. The number of halogens is 1. The molecule has 0 radical (unpaired) electrons. The maximum Gasteiger partial charge on any atom is 0.319 e. The molecule has 1 unspecified atom stereocenters. The van der Waals surface area contributed by atoms with E-state index in [1.54, 1.807) is 12.1 Å². The van der Waals surface area contributed by atoms with E-state index in [-0.39, 0.29) is 17.9 Å². The molecule has 1 fully saturated rings. The zero-order chi connectivity index (χ0) is 12.8. The SMILES string of the molecule is O=C(Nc1ccc(F)cc1)NC1CCCCNC1. The minimum atomic E-state index is -0.311. The molecule has 1 atom stereocenters. The van der Waals surface area contributed by atoms with Crippen LogP contribution in [0.25, 0.3) is 0 Å².